The molecule has 8 atom stereocenters. The van der Waals surface area contributed by atoms with Crippen LogP contribution >= 0.6 is 0 Å². The van der Waals surface area contributed by atoms with Gasteiger partial charge in [-0.1, -0.05) is 24.3 Å². The van der Waals surface area contributed by atoms with Gasteiger partial charge in [-0.15, -0.1) is 0 Å². The van der Waals surface area contributed by atoms with E-state index < -0.39 is 82.1 Å². The maximum atomic E-state index is 14.1. The molecular formula is C29H27N3O8. The van der Waals surface area contributed by atoms with E-state index >= 15 is 0 Å². The van der Waals surface area contributed by atoms with Gasteiger partial charge in [0.15, 0.2) is 34.7 Å². The lowest BCUT2D eigenvalue weighted by atomic mass is 9.49. The van der Waals surface area contributed by atoms with Crippen molar-refractivity contribution in [3.8, 4) is 11.8 Å². The Bertz CT molecular complexity index is 1510. The van der Waals surface area contributed by atoms with Gasteiger partial charge in [-0.25, -0.2) is 0 Å². The fraction of sp³-hybridized carbons (Fsp3) is 0.379. The first-order valence-electron chi connectivity index (χ1n) is 12.7. The van der Waals surface area contributed by atoms with Crippen LogP contribution in [0.15, 0.2) is 42.5 Å². The number of aliphatic hydroxyl groups is 2. The predicted octanol–water partition coefficient (Wildman–Crippen LogP) is -0.507. The molecule has 5 rings (SSSR count). The number of fused-ring (bicyclic) bond motifs is 3. The molecule has 3 aliphatic carbocycles. The van der Waals surface area contributed by atoms with Crippen molar-refractivity contribution in [2.45, 2.75) is 30.1 Å². The number of aliphatic hydroxyl groups excluding tert-OH is 1. The molecule has 40 heavy (non-hydrogen) atoms. The van der Waals surface area contributed by atoms with Crippen LogP contribution in [0.4, 0.5) is 0 Å². The molecule has 2 fully saturated rings. The lowest BCUT2D eigenvalue weighted by molar-refractivity contribution is -0.197. The highest BCUT2D eigenvalue weighted by Gasteiger charge is 2.73. The third-order valence-corrected chi connectivity index (χ3v) is 8.69. The lowest BCUT2D eigenvalue weighted by Crippen LogP contribution is -2.77. The number of rotatable bonds is 4. The minimum atomic E-state index is -3.06. The number of likely N-dealkylation sites (N-methyl/N-ethyl adjacent to an activating group) is 1. The molecule has 11 heteroatoms. The fourth-order valence-corrected chi connectivity index (χ4v) is 6.98. The summed E-state index contributed by atoms with van der Waals surface area (Å²) in [6.45, 7) is 0. The Balaban J connectivity index is 1.72. The molecule has 0 heterocycles. The second-order valence-corrected chi connectivity index (χ2v) is 10.9. The number of aromatic hydroxyl groups is 1. The van der Waals surface area contributed by atoms with Gasteiger partial charge in [0.1, 0.15) is 5.75 Å². The molecule has 0 aromatic heterocycles. The summed E-state index contributed by atoms with van der Waals surface area (Å²) < 4.78 is 0. The Kier molecular flexibility index (Phi) is 6.45. The second-order valence-electron chi connectivity index (χ2n) is 10.9. The Morgan fingerprint density at radius 3 is 2.30 bits per heavy atom. The standard InChI is InChI=1S/C29H27N3O8/c1-32(2)22-21-24(35)18-15(10-12-6-8-13(11-30)9-7-12)14-4-3-5-16(33)17(14)23(34)19(18)26(37)29(21,40)27(38)20(25(22)36)28(31)39/h3-9,15,18-22,24,33,35,40H,10H2,1-2H3,(H2,31,39)/t15?,18-,19?,20?,21-,22+,24+,29+/m1/s1. The average molecular weight is 546 g/mol. The van der Waals surface area contributed by atoms with E-state index in [4.69, 9.17) is 11.0 Å². The van der Waals surface area contributed by atoms with Gasteiger partial charge in [0.2, 0.25) is 5.91 Å². The third kappa shape index (κ3) is 3.64. The number of phenols is 1. The number of primary amides is 1. The summed E-state index contributed by atoms with van der Waals surface area (Å²) in [5, 5.41) is 43.5. The maximum absolute atomic E-state index is 14.1. The largest absolute Gasteiger partial charge is 0.507 e. The molecule has 2 aromatic rings. The zero-order valence-corrected chi connectivity index (χ0v) is 21.6. The summed E-state index contributed by atoms with van der Waals surface area (Å²) in [6.07, 6.45) is -1.57. The van der Waals surface area contributed by atoms with Gasteiger partial charge in [-0.2, -0.15) is 5.26 Å². The van der Waals surface area contributed by atoms with E-state index in [9.17, 15) is 39.3 Å². The van der Waals surface area contributed by atoms with E-state index in [1.807, 2.05) is 6.07 Å². The van der Waals surface area contributed by atoms with Crippen molar-refractivity contribution < 1.29 is 39.3 Å². The summed E-state index contributed by atoms with van der Waals surface area (Å²) in [5.41, 5.74) is 3.58. The molecule has 3 aliphatic rings. The van der Waals surface area contributed by atoms with E-state index in [0.717, 1.165) is 0 Å². The summed E-state index contributed by atoms with van der Waals surface area (Å²) in [6, 6.07) is 11.5. The monoisotopic (exact) mass is 545 g/mol. The zero-order chi connectivity index (χ0) is 29.3. The number of ketones is 4. The van der Waals surface area contributed by atoms with E-state index in [0.29, 0.717) is 16.7 Å². The molecule has 0 spiro atoms. The SMILES string of the molecule is CN(C)[C@@H]1C(=O)C(C(N)=O)C(=O)[C@@]2(O)C(=O)C3C(=O)c4c(O)cccc4C(Cc4ccc(C#N)cc4)[C@H]3[C@H](O)[C@@H]12. The molecule has 0 bridgehead atoms. The summed E-state index contributed by atoms with van der Waals surface area (Å²) in [7, 11) is 2.88. The molecule has 1 amide bonds. The van der Waals surface area contributed by atoms with Crippen LogP contribution in [0.25, 0.3) is 0 Å². The number of nitrogens with zero attached hydrogens (tertiary/aromatic N) is 2. The highest BCUT2D eigenvalue weighted by atomic mass is 16.3. The van der Waals surface area contributed by atoms with Crippen molar-refractivity contribution >= 4 is 29.0 Å². The van der Waals surface area contributed by atoms with Crippen LogP contribution in [-0.4, -0.2) is 81.1 Å². The van der Waals surface area contributed by atoms with Crippen LogP contribution in [0.5, 0.6) is 5.75 Å². The first-order chi connectivity index (χ1) is 18.9. The van der Waals surface area contributed by atoms with Crippen molar-refractivity contribution in [2.75, 3.05) is 14.1 Å². The number of nitrogens with two attached hydrogens (primary N) is 1. The molecule has 0 saturated heterocycles. The van der Waals surface area contributed by atoms with Gasteiger partial charge in [0.25, 0.3) is 0 Å². The van der Waals surface area contributed by atoms with E-state index in [1.165, 1.54) is 31.1 Å². The summed E-state index contributed by atoms with van der Waals surface area (Å²) in [4.78, 5) is 68.2. The second kappa shape index (κ2) is 9.45. The van der Waals surface area contributed by atoms with Gasteiger partial charge >= 0.3 is 0 Å². The molecule has 2 aromatic carbocycles. The van der Waals surface area contributed by atoms with E-state index in [1.54, 1.807) is 30.3 Å². The fourth-order valence-electron chi connectivity index (χ4n) is 6.98. The topological polar surface area (TPSA) is 199 Å². The molecule has 3 unspecified atom stereocenters. The first kappa shape index (κ1) is 27.3. The van der Waals surface area contributed by atoms with Gasteiger partial charge in [0.05, 0.1) is 41.2 Å². The number of benzene rings is 2. The van der Waals surface area contributed by atoms with Crippen LogP contribution < -0.4 is 5.73 Å². The number of Topliss-reactive ketones (excluding diaryl/α,β-unsaturated/α-hetero) is 4. The average Bonchev–Trinajstić information content (AvgIpc) is 2.90. The smallest absolute Gasteiger partial charge is 0.235 e. The number of hydrogen-bond acceptors (Lipinski definition) is 10. The van der Waals surface area contributed by atoms with Crippen molar-refractivity contribution in [3.05, 3.63) is 64.7 Å². The normalized spacial score (nSPS) is 33.1. The minimum Gasteiger partial charge on any atom is -0.507 e. The Labute approximate surface area is 228 Å². The Morgan fingerprint density at radius 1 is 1.07 bits per heavy atom. The zero-order valence-electron chi connectivity index (χ0n) is 21.6. The maximum Gasteiger partial charge on any atom is 0.235 e. The van der Waals surface area contributed by atoms with Crippen molar-refractivity contribution in [3.63, 3.8) is 0 Å². The molecule has 206 valence electrons. The molecular weight excluding hydrogens is 518 g/mol. The molecule has 0 radical (unpaired) electrons. The van der Waals surface area contributed by atoms with Gasteiger partial charge in [-0.3, -0.25) is 28.9 Å². The third-order valence-electron chi connectivity index (χ3n) is 8.69. The van der Waals surface area contributed by atoms with Crippen molar-refractivity contribution in [2.24, 2.45) is 29.4 Å². The highest BCUT2D eigenvalue weighted by molar-refractivity contribution is 6.32. The quantitative estimate of drug-likeness (QED) is 0.363. The van der Waals surface area contributed by atoms with E-state index in [2.05, 4.69) is 0 Å². The van der Waals surface area contributed by atoms with Crippen LogP contribution in [0.2, 0.25) is 0 Å². The van der Waals surface area contributed by atoms with Gasteiger partial charge in [0, 0.05) is 5.92 Å². The predicted molar refractivity (Wildman–Crippen MR) is 137 cm³/mol. The van der Waals surface area contributed by atoms with Crippen LogP contribution in [0.3, 0.4) is 0 Å². The first-order valence-corrected chi connectivity index (χ1v) is 12.7. The van der Waals surface area contributed by atoms with Crippen LogP contribution in [0, 0.1) is 35.0 Å². The van der Waals surface area contributed by atoms with Crippen LogP contribution in [-0.2, 0) is 25.6 Å². The minimum absolute atomic E-state index is 0.157. The molecule has 2 saturated carbocycles. The molecule has 11 nitrogen and oxygen atoms in total. The van der Waals surface area contributed by atoms with E-state index in [-0.39, 0.29) is 12.0 Å². The molecule has 0 aliphatic heterocycles. The number of hydrogen-bond donors (Lipinski definition) is 4. The number of amides is 1. The molecule has 5 N–H and O–H groups in total. The number of carbonyl (C=O) groups excluding carboxylic acids is 5. The van der Waals surface area contributed by atoms with Gasteiger partial charge in [-0.05, 0) is 55.8 Å². The highest BCUT2D eigenvalue weighted by Crippen LogP contribution is 2.55. The Hall–Kier alpha value is -4.24. The summed E-state index contributed by atoms with van der Waals surface area (Å²) >= 11 is 0. The summed E-state index contributed by atoms with van der Waals surface area (Å²) in [5.74, 6) is -13.9. The van der Waals surface area contributed by atoms with Crippen molar-refractivity contribution in [1.29, 1.82) is 5.26 Å². The number of carbonyl (C=O) groups is 5. The van der Waals surface area contributed by atoms with Crippen LogP contribution in [0.1, 0.15) is 33.0 Å². The Morgan fingerprint density at radius 2 is 1.73 bits per heavy atom. The van der Waals surface area contributed by atoms with Gasteiger partial charge < -0.3 is 21.1 Å². The number of phenolic OH excluding ortho intramolecular Hbond substituents is 1. The van der Waals surface area contributed by atoms with Crippen molar-refractivity contribution in [1.82, 2.24) is 4.90 Å². The number of nitriles is 1. The lowest BCUT2D eigenvalue weighted by Gasteiger charge is -2.56.